The summed E-state index contributed by atoms with van der Waals surface area (Å²) in [5, 5.41) is 0. The molecule has 2 rings (SSSR count). The van der Waals surface area contributed by atoms with E-state index in [-0.39, 0.29) is 33.7 Å². The van der Waals surface area contributed by atoms with Crippen LogP contribution in [-0.2, 0) is 6.37 Å². The second-order valence-electron chi connectivity index (χ2n) is 2.94. The van der Waals surface area contributed by atoms with Gasteiger partial charge in [0.15, 0.2) is 0 Å². The maximum atomic E-state index is 13.1. The molecule has 88 valence electrons. The molecule has 0 aromatic heterocycles. The number of nitrogens with two attached hydrogens (primary N) is 1. The summed E-state index contributed by atoms with van der Waals surface area (Å²) in [7, 11) is 1.23. The molecule has 6 heteroatoms. The summed E-state index contributed by atoms with van der Waals surface area (Å²) >= 11 is 0.167. The number of methoxy groups -OCH3 is 1. The van der Waals surface area contributed by atoms with Crippen LogP contribution in [0.5, 0.6) is 11.5 Å². The van der Waals surface area contributed by atoms with Gasteiger partial charge in [-0.3, -0.25) is 0 Å². The van der Waals surface area contributed by atoms with E-state index >= 15 is 0 Å². The van der Waals surface area contributed by atoms with Crippen LogP contribution in [0.4, 0.5) is 8.78 Å². The van der Waals surface area contributed by atoms with Crippen molar-refractivity contribution in [3.05, 3.63) is 17.7 Å². The lowest BCUT2D eigenvalue weighted by Crippen LogP contribution is -2.13. The van der Waals surface area contributed by atoms with Crippen LogP contribution in [0.2, 0.25) is 0 Å². The Bertz CT molecular complexity index is 551. The molecular weight excluding hydrogens is 236 g/mol. The van der Waals surface area contributed by atoms with Crippen LogP contribution in [0, 0.1) is 0 Å². The number of thioether (sulfide) groups is 1. The Morgan fingerprint density at radius 1 is 1.62 bits per heavy atom. The minimum Gasteiger partial charge on any atom is -0.496 e. The van der Waals surface area contributed by atoms with E-state index in [1.165, 1.54) is 13.2 Å². The highest BCUT2D eigenvalue weighted by Gasteiger charge is 2.41. The topological polar surface area (TPSA) is 44.5 Å². The molecule has 0 saturated carbocycles. The van der Waals surface area contributed by atoms with Crippen LogP contribution in [0.15, 0.2) is 17.0 Å². The van der Waals surface area contributed by atoms with E-state index in [0.29, 0.717) is 0 Å². The largest absolute Gasteiger partial charge is 0.496 e. The van der Waals surface area contributed by atoms with Gasteiger partial charge in [0.1, 0.15) is 11.5 Å². The zero-order valence-corrected chi connectivity index (χ0v) is 9.03. The Hall–Kier alpha value is -1.01. The first-order valence-electron chi connectivity index (χ1n) is 6.25. The third-order valence-corrected chi connectivity index (χ3v) is 2.79. The van der Waals surface area contributed by atoms with Gasteiger partial charge in [-0.1, -0.05) is 0 Å². The summed E-state index contributed by atoms with van der Waals surface area (Å²) in [5.41, 5.74) is 1.44. The first kappa shape index (κ1) is 7.34. The Morgan fingerprint density at radius 3 is 3.00 bits per heavy atom. The number of ether oxygens (including phenoxy) is 2. The van der Waals surface area contributed by atoms with E-state index in [1.54, 1.807) is 0 Å². The first-order valence-corrected chi connectivity index (χ1v) is 5.07. The zero-order chi connectivity index (χ0) is 15.3. The number of fused-ring (bicyclic) bond motifs is 1. The summed E-state index contributed by atoms with van der Waals surface area (Å²) in [5.74, 6) is -0.305. The highest BCUT2D eigenvalue weighted by molar-refractivity contribution is 8.00. The highest BCUT2D eigenvalue weighted by atomic mass is 32.2. The fourth-order valence-corrected chi connectivity index (χ4v) is 2.08. The molecule has 0 fully saturated rings. The zero-order valence-electron chi connectivity index (χ0n) is 12.2. The predicted octanol–water partition coefficient (Wildman–Crippen LogP) is 2.23. The molecule has 0 saturated heterocycles. The lowest BCUT2D eigenvalue weighted by atomic mass is 10.1. The number of hydrogen-bond donors (Lipinski definition) is 1. The summed E-state index contributed by atoms with van der Waals surface area (Å²) in [6.07, 6.45) is -2.64. The molecule has 0 aliphatic carbocycles. The van der Waals surface area contributed by atoms with Gasteiger partial charge in [-0.15, -0.1) is 0 Å². The van der Waals surface area contributed by atoms with E-state index in [1.807, 2.05) is 0 Å². The van der Waals surface area contributed by atoms with Crippen LogP contribution < -0.4 is 15.2 Å². The highest BCUT2D eigenvalue weighted by Crippen LogP contribution is 2.51. The normalized spacial score (nSPS) is 22.2. The van der Waals surface area contributed by atoms with E-state index in [2.05, 4.69) is 4.74 Å². The molecule has 0 atom stereocenters. The molecule has 0 spiro atoms. The monoisotopic (exact) mass is 251 g/mol. The van der Waals surface area contributed by atoms with Gasteiger partial charge in [-0.05, 0) is 42.3 Å². The predicted molar refractivity (Wildman–Crippen MR) is 57.2 cm³/mol. The van der Waals surface area contributed by atoms with Gasteiger partial charge in [-0.25, -0.2) is 0 Å². The number of rotatable bonds is 3. The molecule has 0 bridgehead atoms. The van der Waals surface area contributed by atoms with Crippen molar-refractivity contribution >= 4 is 11.8 Å². The molecule has 2 N–H and O–H groups in total. The fourth-order valence-electron chi connectivity index (χ4n) is 1.32. The van der Waals surface area contributed by atoms with Crippen molar-refractivity contribution in [1.82, 2.24) is 0 Å². The Kier molecular flexibility index (Phi) is 1.88. The van der Waals surface area contributed by atoms with Crippen molar-refractivity contribution in [2.45, 2.75) is 16.7 Å². The fraction of sp³-hybridized carbons (Fsp3) is 0.400. The summed E-state index contributed by atoms with van der Waals surface area (Å²) < 4.78 is 65.8. The second-order valence-corrected chi connectivity index (χ2v) is 4.06. The van der Waals surface area contributed by atoms with E-state index < -0.39 is 18.3 Å². The molecule has 1 aliphatic rings. The molecule has 1 aromatic carbocycles. The standard InChI is InChI=1S/C10H11F2NO2S/c1-14-7-5-9-8(4-6(7)2-3-13)15-10(11,12)16-9/h4-5H,2-3,13H2,1H3/i2D2,3D2. The molecule has 16 heavy (non-hydrogen) atoms. The van der Waals surface area contributed by atoms with E-state index in [9.17, 15) is 8.78 Å². The molecular formula is C10H11F2NO2S. The number of benzene rings is 1. The maximum absolute atomic E-state index is 13.1. The van der Waals surface area contributed by atoms with Gasteiger partial charge >= 0.3 is 5.44 Å². The average Bonchev–Trinajstić information content (AvgIpc) is 2.58. The molecule has 3 nitrogen and oxygen atoms in total. The van der Waals surface area contributed by atoms with Crippen LogP contribution in [0.1, 0.15) is 11.0 Å². The average molecular weight is 251 g/mol. The van der Waals surface area contributed by atoms with Crippen molar-refractivity contribution < 1.29 is 23.7 Å². The molecule has 1 heterocycles. The molecule has 1 aliphatic heterocycles. The van der Waals surface area contributed by atoms with Gasteiger partial charge in [0.05, 0.1) is 12.0 Å². The number of hydrogen-bond acceptors (Lipinski definition) is 4. The number of halogens is 2. The third kappa shape index (κ3) is 2.08. The molecule has 0 radical (unpaired) electrons. The van der Waals surface area contributed by atoms with Gasteiger partial charge in [-0.2, -0.15) is 8.78 Å². The minimum atomic E-state index is -3.44. The molecule has 0 unspecified atom stereocenters. The molecule has 1 aromatic rings. The SMILES string of the molecule is [2H]C([2H])(N)C([2H])([2H])c1cc2c(cc1OC)SC(F)(F)O2. The van der Waals surface area contributed by atoms with Crippen molar-refractivity contribution in [3.8, 4) is 11.5 Å². The maximum Gasteiger partial charge on any atom is 0.457 e. The van der Waals surface area contributed by atoms with Crippen LogP contribution in [0.3, 0.4) is 0 Å². The third-order valence-electron chi connectivity index (χ3n) is 1.93. The smallest absolute Gasteiger partial charge is 0.457 e. The van der Waals surface area contributed by atoms with Gasteiger partial charge in [0, 0.05) is 5.48 Å². The van der Waals surface area contributed by atoms with E-state index in [4.69, 9.17) is 16.0 Å². The van der Waals surface area contributed by atoms with E-state index in [0.717, 1.165) is 6.07 Å². The van der Waals surface area contributed by atoms with Crippen LogP contribution in [-0.4, -0.2) is 19.0 Å². The molecule has 0 amide bonds. The lowest BCUT2D eigenvalue weighted by molar-refractivity contribution is -0.0822. The Balaban J connectivity index is 2.57. The van der Waals surface area contributed by atoms with Crippen LogP contribution in [0.25, 0.3) is 0 Å². The summed E-state index contributed by atoms with van der Waals surface area (Å²) in [6, 6.07) is 2.17. The second kappa shape index (κ2) is 4.10. The van der Waals surface area contributed by atoms with Crippen molar-refractivity contribution in [2.75, 3.05) is 13.6 Å². The van der Waals surface area contributed by atoms with Crippen LogP contribution >= 0.6 is 11.8 Å². The quantitative estimate of drug-likeness (QED) is 0.894. The Labute approximate surface area is 102 Å². The van der Waals surface area contributed by atoms with Gasteiger partial charge < -0.3 is 15.2 Å². The summed E-state index contributed by atoms with van der Waals surface area (Å²) in [6.45, 7) is -2.72. The van der Waals surface area contributed by atoms with Gasteiger partial charge in [0.2, 0.25) is 0 Å². The first-order chi connectivity index (χ1) is 8.98. The van der Waals surface area contributed by atoms with Crippen molar-refractivity contribution in [2.24, 2.45) is 5.73 Å². The minimum absolute atomic E-state index is 0.0723. The summed E-state index contributed by atoms with van der Waals surface area (Å²) in [4.78, 5) is 0.0870. The van der Waals surface area contributed by atoms with Gasteiger partial charge in [0.25, 0.3) is 0 Å². The lowest BCUT2D eigenvalue weighted by Gasteiger charge is -2.09. The van der Waals surface area contributed by atoms with Crippen molar-refractivity contribution in [3.63, 3.8) is 0 Å². The number of aryl methyl sites for hydroxylation is 1. The van der Waals surface area contributed by atoms with Crippen molar-refractivity contribution in [1.29, 1.82) is 0 Å². The number of alkyl halides is 2. The Morgan fingerprint density at radius 2 is 2.38 bits per heavy atom.